The van der Waals surface area contributed by atoms with Gasteiger partial charge in [-0.05, 0) is 44.0 Å². The average molecular weight is 404 g/mol. The van der Waals surface area contributed by atoms with Gasteiger partial charge >= 0.3 is 0 Å². The molecule has 1 aliphatic heterocycles. The normalized spacial score (nSPS) is 17.0. The van der Waals surface area contributed by atoms with Crippen LogP contribution in [-0.4, -0.2) is 49.2 Å². The van der Waals surface area contributed by atoms with Crippen molar-refractivity contribution in [3.8, 4) is 5.75 Å². The van der Waals surface area contributed by atoms with Crippen LogP contribution >= 0.6 is 11.3 Å². The van der Waals surface area contributed by atoms with Crippen molar-refractivity contribution in [1.29, 1.82) is 0 Å². The Kier molecular flexibility index (Phi) is 6.83. The van der Waals surface area contributed by atoms with E-state index in [-0.39, 0.29) is 17.7 Å². The van der Waals surface area contributed by atoms with Crippen LogP contribution in [-0.2, 0) is 9.53 Å². The van der Waals surface area contributed by atoms with E-state index in [4.69, 9.17) is 9.47 Å². The molecule has 9 heteroatoms. The van der Waals surface area contributed by atoms with Gasteiger partial charge in [0.25, 0.3) is 5.91 Å². The SMILES string of the molecule is COc1ccc(Nc2nc(C(=O)NC(C)C(=O)NCC3CCCO3)cs2)cc1. The van der Waals surface area contributed by atoms with Crippen molar-refractivity contribution in [1.82, 2.24) is 15.6 Å². The summed E-state index contributed by atoms with van der Waals surface area (Å²) in [6, 6.07) is 6.73. The third-order valence-electron chi connectivity index (χ3n) is 4.35. The number of rotatable bonds is 8. The predicted molar refractivity (Wildman–Crippen MR) is 107 cm³/mol. The molecule has 3 rings (SSSR count). The number of anilines is 2. The summed E-state index contributed by atoms with van der Waals surface area (Å²) < 4.78 is 10.6. The molecule has 2 heterocycles. The number of thiazole rings is 1. The number of carbonyl (C=O) groups excluding carboxylic acids is 2. The van der Waals surface area contributed by atoms with Gasteiger partial charge in [-0.2, -0.15) is 0 Å². The second-order valence-electron chi connectivity index (χ2n) is 6.47. The van der Waals surface area contributed by atoms with Gasteiger partial charge in [-0.1, -0.05) is 0 Å². The summed E-state index contributed by atoms with van der Waals surface area (Å²) in [6.45, 7) is 2.85. The molecule has 0 saturated carbocycles. The number of hydrogen-bond donors (Lipinski definition) is 3. The Morgan fingerprint density at radius 1 is 1.36 bits per heavy atom. The lowest BCUT2D eigenvalue weighted by molar-refractivity contribution is -0.123. The lowest BCUT2D eigenvalue weighted by Gasteiger charge is -2.15. The van der Waals surface area contributed by atoms with Crippen LogP contribution in [0.25, 0.3) is 0 Å². The molecule has 28 heavy (non-hydrogen) atoms. The van der Waals surface area contributed by atoms with E-state index in [9.17, 15) is 9.59 Å². The summed E-state index contributed by atoms with van der Waals surface area (Å²) in [7, 11) is 1.61. The van der Waals surface area contributed by atoms with Crippen molar-refractivity contribution < 1.29 is 19.1 Å². The van der Waals surface area contributed by atoms with Crippen molar-refractivity contribution in [3.05, 3.63) is 35.3 Å². The van der Waals surface area contributed by atoms with Crippen LogP contribution in [0.3, 0.4) is 0 Å². The van der Waals surface area contributed by atoms with Crippen molar-refractivity contribution in [3.63, 3.8) is 0 Å². The number of benzene rings is 1. The molecule has 2 unspecified atom stereocenters. The third-order valence-corrected chi connectivity index (χ3v) is 5.10. The van der Waals surface area contributed by atoms with Crippen molar-refractivity contribution in [2.24, 2.45) is 0 Å². The van der Waals surface area contributed by atoms with E-state index in [1.807, 2.05) is 24.3 Å². The van der Waals surface area contributed by atoms with Crippen LogP contribution in [0.2, 0.25) is 0 Å². The number of nitrogens with one attached hydrogen (secondary N) is 3. The summed E-state index contributed by atoms with van der Waals surface area (Å²) in [6.07, 6.45) is 2.03. The molecule has 1 saturated heterocycles. The van der Waals surface area contributed by atoms with Crippen LogP contribution in [0.4, 0.5) is 10.8 Å². The molecule has 1 aromatic heterocycles. The minimum atomic E-state index is -0.659. The Balaban J connectivity index is 1.49. The van der Waals surface area contributed by atoms with Gasteiger partial charge in [0.15, 0.2) is 5.13 Å². The van der Waals surface area contributed by atoms with Gasteiger partial charge in [-0.3, -0.25) is 9.59 Å². The van der Waals surface area contributed by atoms with Gasteiger partial charge < -0.3 is 25.4 Å². The summed E-state index contributed by atoms with van der Waals surface area (Å²) in [5.74, 6) is 0.131. The van der Waals surface area contributed by atoms with Crippen LogP contribution in [0.15, 0.2) is 29.6 Å². The third kappa shape index (κ3) is 5.43. The molecule has 0 bridgehead atoms. The fraction of sp³-hybridized carbons (Fsp3) is 0.421. The molecule has 0 radical (unpaired) electrons. The molecule has 2 aromatic rings. The van der Waals surface area contributed by atoms with Crippen LogP contribution in [0.5, 0.6) is 5.75 Å². The number of amides is 2. The number of ether oxygens (including phenoxy) is 2. The molecular weight excluding hydrogens is 380 g/mol. The summed E-state index contributed by atoms with van der Waals surface area (Å²) in [5, 5.41) is 10.9. The zero-order valence-corrected chi connectivity index (χ0v) is 16.7. The molecule has 3 N–H and O–H groups in total. The minimum Gasteiger partial charge on any atom is -0.497 e. The molecule has 1 fully saturated rings. The maximum Gasteiger partial charge on any atom is 0.271 e. The Bertz CT molecular complexity index is 803. The van der Waals surface area contributed by atoms with Gasteiger partial charge in [0.1, 0.15) is 17.5 Å². The van der Waals surface area contributed by atoms with Gasteiger partial charge in [-0.15, -0.1) is 11.3 Å². The Morgan fingerprint density at radius 2 is 2.14 bits per heavy atom. The summed E-state index contributed by atoms with van der Waals surface area (Å²) in [5.41, 5.74) is 1.10. The Labute approximate surface area is 167 Å². The standard InChI is InChI=1S/C19H24N4O4S/c1-12(17(24)20-10-15-4-3-9-27-15)21-18(25)16-11-28-19(23-16)22-13-5-7-14(26-2)8-6-13/h5-8,11-12,15H,3-4,9-10H2,1-2H3,(H,20,24)(H,21,25)(H,22,23). The molecule has 1 aliphatic rings. The van der Waals surface area contributed by atoms with Crippen molar-refractivity contribution >= 4 is 34.0 Å². The highest BCUT2D eigenvalue weighted by atomic mass is 32.1. The average Bonchev–Trinajstić information content (AvgIpc) is 3.38. The smallest absolute Gasteiger partial charge is 0.271 e. The second kappa shape index (κ2) is 9.52. The highest BCUT2D eigenvalue weighted by Gasteiger charge is 2.21. The first-order chi connectivity index (χ1) is 13.5. The quantitative estimate of drug-likeness (QED) is 0.624. The van der Waals surface area contributed by atoms with Crippen LogP contribution < -0.4 is 20.7 Å². The monoisotopic (exact) mass is 404 g/mol. The lowest BCUT2D eigenvalue weighted by Crippen LogP contribution is -2.46. The molecule has 0 aliphatic carbocycles. The maximum absolute atomic E-state index is 12.4. The van der Waals surface area contributed by atoms with E-state index < -0.39 is 11.9 Å². The molecule has 0 spiro atoms. The maximum atomic E-state index is 12.4. The van der Waals surface area contributed by atoms with Crippen LogP contribution in [0.1, 0.15) is 30.3 Å². The van der Waals surface area contributed by atoms with Gasteiger partial charge in [0.05, 0.1) is 13.2 Å². The van der Waals surface area contributed by atoms with Gasteiger partial charge in [-0.25, -0.2) is 4.98 Å². The number of hydrogen-bond acceptors (Lipinski definition) is 7. The fourth-order valence-corrected chi connectivity index (χ4v) is 3.45. The zero-order chi connectivity index (χ0) is 19.9. The molecule has 1 aromatic carbocycles. The molecule has 8 nitrogen and oxygen atoms in total. The van der Waals surface area contributed by atoms with Gasteiger partial charge in [0, 0.05) is 24.2 Å². The number of aromatic nitrogens is 1. The summed E-state index contributed by atoms with van der Waals surface area (Å²) >= 11 is 1.31. The number of methoxy groups -OCH3 is 1. The van der Waals surface area contributed by atoms with Crippen molar-refractivity contribution in [2.45, 2.75) is 31.9 Å². The van der Waals surface area contributed by atoms with E-state index in [1.54, 1.807) is 19.4 Å². The zero-order valence-electron chi connectivity index (χ0n) is 15.9. The minimum absolute atomic E-state index is 0.0666. The van der Waals surface area contributed by atoms with Gasteiger partial charge in [0.2, 0.25) is 5.91 Å². The van der Waals surface area contributed by atoms with E-state index >= 15 is 0 Å². The first-order valence-corrected chi connectivity index (χ1v) is 10.00. The highest BCUT2D eigenvalue weighted by molar-refractivity contribution is 7.14. The first-order valence-electron chi connectivity index (χ1n) is 9.12. The molecule has 2 amide bonds. The number of carbonyl (C=O) groups is 2. The van der Waals surface area contributed by atoms with E-state index in [0.29, 0.717) is 11.7 Å². The molecular formula is C19H24N4O4S. The highest BCUT2D eigenvalue weighted by Crippen LogP contribution is 2.22. The molecule has 150 valence electrons. The van der Waals surface area contributed by atoms with E-state index in [2.05, 4.69) is 20.9 Å². The topological polar surface area (TPSA) is 102 Å². The predicted octanol–water partition coefficient (Wildman–Crippen LogP) is 2.31. The number of nitrogens with zero attached hydrogens (tertiary/aromatic N) is 1. The fourth-order valence-electron chi connectivity index (χ4n) is 2.74. The summed E-state index contributed by atoms with van der Waals surface area (Å²) in [4.78, 5) is 28.8. The van der Waals surface area contributed by atoms with E-state index in [1.165, 1.54) is 11.3 Å². The molecule has 2 atom stereocenters. The Morgan fingerprint density at radius 3 is 2.82 bits per heavy atom. The van der Waals surface area contributed by atoms with Crippen LogP contribution in [0, 0.1) is 0 Å². The largest absolute Gasteiger partial charge is 0.497 e. The Hall–Kier alpha value is -2.65. The second-order valence-corrected chi connectivity index (χ2v) is 7.32. The lowest BCUT2D eigenvalue weighted by atomic mass is 10.2. The first kappa shape index (κ1) is 20.1. The van der Waals surface area contributed by atoms with E-state index in [0.717, 1.165) is 30.9 Å². The van der Waals surface area contributed by atoms with Crippen molar-refractivity contribution in [2.75, 3.05) is 25.6 Å².